The smallest absolute Gasteiger partial charge is 0.170 e. The summed E-state index contributed by atoms with van der Waals surface area (Å²) in [6.07, 6.45) is 2.86. The average Bonchev–Trinajstić information content (AvgIpc) is 3.27. The van der Waals surface area contributed by atoms with Crippen LogP contribution in [0.15, 0.2) is 54.7 Å². The monoisotopic (exact) mass is 447 g/mol. The Bertz CT molecular complexity index is 1090. The summed E-state index contributed by atoms with van der Waals surface area (Å²) in [5.74, 6) is 0. The van der Waals surface area contributed by atoms with Gasteiger partial charge in [0, 0.05) is 36.4 Å². The molecule has 6 heteroatoms. The molecule has 0 aliphatic carbocycles. The number of aryl methyl sites for hydroxylation is 2. The van der Waals surface area contributed by atoms with Gasteiger partial charge in [-0.15, -0.1) is 0 Å². The van der Waals surface area contributed by atoms with Gasteiger partial charge in [0.05, 0.1) is 17.8 Å². The summed E-state index contributed by atoms with van der Waals surface area (Å²) in [6, 6.07) is 17.2. The first kappa shape index (κ1) is 22.5. The number of para-hydroxylation sites is 1. The number of benzene rings is 1. The lowest BCUT2D eigenvalue weighted by Crippen LogP contribution is -2.35. The van der Waals surface area contributed by atoms with Crippen LogP contribution < -0.4 is 5.32 Å². The molecule has 3 heterocycles. The van der Waals surface area contributed by atoms with Crippen molar-refractivity contribution < 1.29 is 0 Å². The normalized spacial score (nSPS) is 18.4. The zero-order chi connectivity index (χ0) is 22.8. The van der Waals surface area contributed by atoms with Gasteiger partial charge in [-0.25, -0.2) is 0 Å². The minimum Gasteiger partial charge on any atom is -0.352 e. The van der Waals surface area contributed by atoms with Crippen molar-refractivity contribution in [3.63, 3.8) is 0 Å². The third-order valence-electron chi connectivity index (χ3n) is 6.39. The van der Waals surface area contributed by atoms with Gasteiger partial charge in [0.25, 0.3) is 0 Å². The van der Waals surface area contributed by atoms with Crippen molar-refractivity contribution >= 4 is 17.3 Å². The van der Waals surface area contributed by atoms with E-state index in [1.54, 1.807) is 0 Å². The molecule has 1 N–H and O–H groups in total. The first-order chi connectivity index (χ1) is 15.4. The SMILES string of the molecule is CCc1ccccc1-n1c(C)cc([C@@H]2[C@@H](c3ccccn3)NC(=S)N2CCN(C)C)c1C. The predicted octanol–water partition coefficient (Wildman–Crippen LogP) is 4.59. The molecule has 1 saturated heterocycles. The van der Waals surface area contributed by atoms with Gasteiger partial charge in [-0.05, 0) is 82.0 Å². The van der Waals surface area contributed by atoms with Gasteiger partial charge in [-0.3, -0.25) is 4.98 Å². The fraction of sp³-hybridized carbons (Fsp3) is 0.385. The van der Waals surface area contributed by atoms with Crippen LogP contribution in [-0.2, 0) is 6.42 Å². The molecule has 0 radical (unpaired) electrons. The lowest BCUT2D eigenvalue weighted by atomic mass is 9.96. The largest absolute Gasteiger partial charge is 0.352 e. The highest BCUT2D eigenvalue weighted by atomic mass is 32.1. The Balaban J connectivity index is 1.83. The Labute approximate surface area is 197 Å². The summed E-state index contributed by atoms with van der Waals surface area (Å²) < 4.78 is 2.40. The van der Waals surface area contributed by atoms with E-state index in [1.807, 2.05) is 18.3 Å². The summed E-state index contributed by atoms with van der Waals surface area (Å²) in [5.41, 5.74) is 7.44. The zero-order valence-corrected chi connectivity index (χ0v) is 20.5. The number of nitrogens with zero attached hydrogens (tertiary/aromatic N) is 4. The van der Waals surface area contributed by atoms with Crippen LogP contribution in [-0.4, -0.2) is 51.6 Å². The molecule has 2 atom stereocenters. The molecule has 0 amide bonds. The van der Waals surface area contributed by atoms with E-state index in [1.165, 1.54) is 28.2 Å². The van der Waals surface area contributed by atoms with Gasteiger partial charge in [0.1, 0.15) is 0 Å². The Morgan fingerprint density at radius 3 is 2.53 bits per heavy atom. The lowest BCUT2D eigenvalue weighted by molar-refractivity contribution is 0.277. The van der Waals surface area contributed by atoms with Crippen LogP contribution in [0.3, 0.4) is 0 Å². The summed E-state index contributed by atoms with van der Waals surface area (Å²) >= 11 is 5.82. The summed E-state index contributed by atoms with van der Waals surface area (Å²) in [4.78, 5) is 9.22. The number of hydrogen-bond acceptors (Lipinski definition) is 3. The fourth-order valence-electron chi connectivity index (χ4n) is 4.78. The number of aromatic nitrogens is 2. The highest BCUT2D eigenvalue weighted by Crippen LogP contribution is 2.41. The maximum atomic E-state index is 5.82. The van der Waals surface area contributed by atoms with Crippen LogP contribution in [0.25, 0.3) is 5.69 Å². The molecule has 0 unspecified atom stereocenters. The third-order valence-corrected chi connectivity index (χ3v) is 6.74. The van der Waals surface area contributed by atoms with E-state index < -0.39 is 0 Å². The molecule has 168 valence electrons. The molecule has 0 spiro atoms. The topological polar surface area (TPSA) is 36.3 Å². The van der Waals surface area contributed by atoms with Gasteiger partial charge >= 0.3 is 0 Å². The molecule has 0 saturated carbocycles. The van der Waals surface area contributed by atoms with Gasteiger partial charge in [-0.2, -0.15) is 0 Å². The van der Waals surface area contributed by atoms with Crippen molar-refractivity contribution in [1.82, 2.24) is 24.7 Å². The van der Waals surface area contributed by atoms with Crippen molar-refractivity contribution in [2.45, 2.75) is 39.3 Å². The van der Waals surface area contributed by atoms with E-state index in [-0.39, 0.29) is 12.1 Å². The first-order valence-corrected chi connectivity index (χ1v) is 11.7. The van der Waals surface area contributed by atoms with Gasteiger partial charge < -0.3 is 19.7 Å². The highest BCUT2D eigenvalue weighted by molar-refractivity contribution is 7.80. The van der Waals surface area contributed by atoms with E-state index >= 15 is 0 Å². The minimum absolute atomic E-state index is 0.0150. The zero-order valence-electron chi connectivity index (χ0n) is 19.7. The summed E-state index contributed by atoms with van der Waals surface area (Å²) in [6.45, 7) is 8.44. The second-order valence-corrected chi connectivity index (χ2v) is 9.15. The number of likely N-dealkylation sites (N-methyl/N-ethyl adjacent to an activating group) is 1. The molecule has 5 nitrogen and oxygen atoms in total. The van der Waals surface area contributed by atoms with E-state index in [4.69, 9.17) is 12.2 Å². The third kappa shape index (κ3) is 4.17. The quantitative estimate of drug-likeness (QED) is 0.536. The van der Waals surface area contributed by atoms with E-state index in [0.717, 1.165) is 30.3 Å². The minimum atomic E-state index is 0.0150. The second-order valence-electron chi connectivity index (χ2n) is 8.77. The van der Waals surface area contributed by atoms with Crippen LogP contribution >= 0.6 is 12.2 Å². The molecule has 1 aliphatic heterocycles. The van der Waals surface area contributed by atoms with Crippen molar-refractivity contribution in [2.24, 2.45) is 0 Å². The molecule has 1 aliphatic rings. The Hall–Kier alpha value is -2.70. The Morgan fingerprint density at radius 2 is 1.84 bits per heavy atom. The van der Waals surface area contributed by atoms with E-state index in [9.17, 15) is 0 Å². The number of rotatable bonds is 7. The van der Waals surface area contributed by atoms with Gasteiger partial charge in [0.2, 0.25) is 0 Å². The van der Waals surface area contributed by atoms with E-state index in [0.29, 0.717) is 0 Å². The molecular formula is C26H33N5S. The maximum Gasteiger partial charge on any atom is 0.170 e. The summed E-state index contributed by atoms with van der Waals surface area (Å²) in [5, 5.41) is 4.38. The van der Waals surface area contributed by atoms with Crippen LogP contribution in [0, 0.1) is 13.8 Å². The standard InChI is InChI=1S/C26H33N5S/c1-6-20-11-7-8-13-23(20)31-18(2)17-21(19(31)3)25-24(22-12-9-10-14-27-22)28-26(32)30(25)16-15-29(4)5/h7-14,17,24-25H,6,15-16H2,1-5H3,(H,28,32)/t24-,25-/m1/s1. The molecule has 0 bridgehead atoms. The molecule has 3 aromatic rings. The number of pyridine rings is 1. The number of hydrogen-bond donors (Lipinski definition) is 1. The lowest BCUT2D eigenvalue weighted by Gasteiger charge is -2.29. The van der Waals surface area contributed by atoms with Gasteiger partial charge in [0.15, 0.2) is 5.11 Å². The van der Waals surface area contributed by atoms with Crippen molar-refractivity contribution in [1.29, 1.82) is 0 Å². The van der Waals surface area contributed by atoms with Crippen LogP contribution in [0.2, 0.25) is 0 Å². The molecule has 1 aromatic carbocycles. The summed E-state index contributed by atoms with van der Waals surface area (Å²) in [7, 11) is 4.21. The predicted molar refractivity (Wildman–Crippen MR) is 135 cm³/mol. The average molecular weight is 448 g/mol. The van der Waals surface area contributed by atoms with Crippen LogP contribution in [0.5, 0.6) is 0 Å². The number of thiocarbonyl (C=S) groups is 1. The molecule has 2 aromatic heterocycles. The molecule has 4 rings (SSSR count). The molecule has 1 fully saturated rings. The maximum absolute atomic E-state index is 5.82. The highest BCUT2D eigenvalue weighted by Gasteiger charge is 2.41. The number of nitrogens with one attached hydrogen (secondary N) is 1. The second kappa shape index (κ2) is 9.43. The van der Waals surface area contributed by atoms with E-state index in [2.05, 4.69) is 95.9 Å². The van der Waals surface area contributed by atoms with Crippen molar-refractivity contribution in [3.8, 4) is 5.69 Å². The first-order valence-electron chi connectivity index (χ1n) is 11.3. The Kier molecular flexibility index (Phi) is 6.63. The fourth-order valence-corrected chi connectivity index (χ4v) is 5.11. The van der Waals surface area contributed by atoms with Gasteiger partial charge in [-0.1, -0.05) is 31.2 Å². The van der Waals surface area contributed by atoms with Crippen molar-refractivity contribution in [2.75, 3.05) is 27.2 Å². The van der Waals surface area contributed by atoms with Crippen LogP contribution in [0.1, 0.15) is 47.2 Å². The Morgan fingerprint density at radius 1 is 1.09 bits per heavy atom. The molecular weight excluding hydrogens is 414 g/mol. The molecule has 32 heavy (non-hydrogen) atoms. The van der Waals surface area contributed by atoms with Crippen LogP contribution in [0.4, 0.5) is 0 Å². The van der Waals surface area contributed by atoms with Crippen molar-refractivity contribution in [3.05, 3.63) is 82.9 Å².